The molecule has 53 valence electrons. The molecule has 0 amide bonds. The molecule has 1 fully saturated rings. The van der Waals surface area contributed by atoms with Crippen LogP contribution >= 0.6 is 23.2 Å². The van der Waals surface area contributed by atoms with E-state index in [0.29, 0.717) is 5.92 Å². The lowest BCUT2D eigenvalue weighted by atomic mass is 10.1. The van der Waals surface area contributed by atoms with E-state index in [1.807, 2.05) is 0 Å². The van der Waals surface area contributed by atoms with Gasteiger partial charge in [-0.2, -0.15) is 0 Å². The molecule has 1 rings (SSSR count). The zero-order chi connectivity index (χ0) is 6.91. The molecule has 0 heterocycles. The van der Waals surface area contributed by atoms with Crippen molar-refractivity contribution in [3.63, 3.8) is 0 Å². The maximum absolute atomic E-state index is 5.79. The van der Waals surface area contributed by atoms with E-state index in [9.17, 15) is 0 Å². The van der Waals surface area contributed by atoms with Crippen molar-refractivity contribution in [3.05, 3.63) is 6.92 Å². The molecule has 0 nitrogen and oxygen atoms in total. The number of rotatable bonds is 1. The smallest absolute Gasteiger partial charge is 0.101 e. The lowest BCUT2D eigenvalue weighted by Crippen LogP contribution is -2.18. The quantitative estimate of drug-likeness (QED) is 0.524. The highest BCUT2D eigenvalue weighted by Crippen LogP contribution is 2.40. The van der Waals surface area contributed by atoms with Gasteiger partial charge in [-0.3, -0.25) is 0 Å². The summed E-state index contributed by atoms with van der Waals surface area (Å²) in [5, 5.41) is 0. The Kier molecular flexibility index (Phi) is 2.28. The van der Waals surface area contributed by atoms with Gasteiger partial charge < -0.3 is 0 Å². The van der Waals surface area contributed by atoms with Gasteiger partial charge in [0.2, 0.25) is 0 Å². The second-order valence-corrected chi connectivity index (χ2v) is 4.28. The van der Waals surface area contributed by atoms with Gasteiger partial charge in [0.15, 0.2) is 0 Å². The van der Waals surface area contributed by atoms with Crippen LogP contribution in [0, 0.1) is 12.8 Å². The minimum absolute atomic E-state index is 0.431. The highest BCUT2D eigenvalue weighted by atomic mass is 35.5. The van der Waals surface area contributed by atoms with Gasteiger partial charge >= 0.3 is 0 Å². The average molecular weight is 166 g/mol. The van der Waals surface area contributed by atoms with Crippen molar-refractivity contribution in [2.45, 2.75) is 30.0 Å². The van der Waals surface area contributed by atoms with E-state index >= 15 is 0 Å². The minimum Gasteiger partial charge on any atom is -0.101 e. The average Bonchev–Trinajstić information content (AvgIpc) is 2.08. The minimum atomic E-state index is -0.726. The Hall–Kier alpha value is 0.580. The summed E-state index contributed by atoms with van der Waals surface area (Å²) < 4.78 is -0.726. The fourth-order valence-corrected chi connectivity index (χ4v) is 1.78. The van der Waals surface area contributed by atoms with Gasteiger partial charge in [0.1, 0.15) is 4.33 Å². The molecule has 0 aromatic heterocycles. The molecule has 0 N–H and O–H groups in total. The second kappa shape index (κ2) is 2.67. The van der Waals surface area contributed by atoms with Crippen LogP contribution in [0.5, 0.6) is 0 Å². The fraction of sp³-hybridized carbons (Fsp3) is 0.857. The first-order valence-corrected chi connectivity index (χ1v) is 4.09. The van der Waals surface area contributed by atoms with E-state index in [1.54, 1.807) is 0 Å². The van der Waals surface area contributed by atoms with Gasteiger partial charge in [-0.05, 0) is 25.7 Å². The molecule has 0 atom stereocenters. The van der Waals surface area contributed by atoms with Crippen molar-refractivity contribution in [3.8, 4) is 0 Å². The summed E-state index contributed by atoms with van der Waals surface area (Å²) in [7, 11) is 0. The molecule has 1 aliphatic carbocycles. The largest absolute Gasteiger partial charge is 0.121 e. The van der Waals surface area contributed by atoms with E-state index < -0.39 is 4.33 Å². The van der Waals surface area contributed by atoms with Gasteiger partial charge in [-0.25, -0.2) is 0 Å². The lowest BCUT2D eigenvalue weighted by molar-refractivity contribution is 0.529. The van der Waals surface area contributed by atoms with Crippen molar-refractivity contribution in [1.82, 2.24) is 0 Å². The topological polar surface area (TPSA) is 0 Å². The van der Waals surface area contributed by atoms with Crippen LogP contribution in [0.1, 0.15) is 25.7 Å². The Morgan fingerprint density at radius 3 is 1.89 bits per heavy atom. The predicted octanol–water partition coefficient (Wildman–Crippen LogP) is 3.18. The Bertz CT molecular complexity index is 87.6. The van der Waals surface area contributed by atoms with Crippen LogP contribution in [0.25, 0.3) is 0 Å². The number of halogens is 2. The van der Waals surface area contributed by atoms with Crippen molar-refractivity contribution in [2.75, 3.05) is 0 Å². The van der Waals surface area contributed by atoms with Gasteiger partial charge in [-0.15, -0.1) is 23.2 Å². The molecule has 0 spiro atoms. The first-order valence-electron chi connectivity index (χ1n) is 3.34. The third-order valence-electron chi connectivity index (χ3n) is 1.95. The molecule has 0 aromatic rings. The molecule has 0 bridgehead atoms. The van der Waals surface area contributed by atoms with Crippen molar-refractivity contribution in [2.24, 2.45) is 5.92 Å². The van der Waals surface area contributed by atoms with Crippen LogP contribution in [0.2, 0.25) is 0 Å². The normalized spacial score (nSPS) is 23.0. The SMILES string of the molecule is [CH2]C(Cl)(Cl)C1CCCC1. The van der Waals surface area contributed by atoms with E-state index in [4.69, 9.17) is 23.2 Å². The third-order valence-corrected chi connectivity index (χ3v) is 2.57. The summed E-state index contributed by atoms with van der Waals surface area (Å²) in [5.41, 5.74) is 0. The van der Waals surface area contributed by atoms with Crippen LogP contribution in [-0.2, 0) is 0 Å². The molecule has 1 saturated carbocycles. The highest BCUT2D eigenvalue weighted by Gasteiger charge is 2.31. The molecule has 9 heavy (non-hydrogen) atoms. The maximum atomic E-state index is 5.79. The molecule has 0 aliphatic heterocycles. The van der Waals surface area contributed by atoms with E-state index in [-0.39, 0.29) is 0 Å². The number of alkyl halides is 2. The van der Waals surface area contributed by atoms with Gasteiger partial charge in [-0.1, -0.05) is 12.8 Å². The summed E-state index contributed by atoms with van der Waals surface area (Å²) in [5.74, 6) is 0.431. The maximum Gasteiger partial charge on any atom is 0.121 e. The molecular weight excluding hydrogens is 155 g/mol. The van der Waals surface area contributed by atoms with Gasteiger partial charge in [0.25, 0.3) is 0 Å². The molecule has 2 heteroatoms. The Morgan fingerprint density at radius 1 is 1.22 bits per heavy atom. The predicted molar refractivity (Wildman–Crippen MR) is 41.8 cm³/mol. The third kappa shape index (κ3) is 2.01. The zero-order valence-electron chi connectivity index (χ0n) is 5.37. The van der Waals surface area contributed by atoms with Gasteiger partial charge in [0.05, 0.1) is 0 Å². The number of hydrogen-bond donors (Lipinski definition) is 0. The summed E-state index contributed by atoms with van der Waals surface area (Å²) in [6, 6.07) is 0. The molecule has 0 unspecified atom stereocenters. The molecule has 1 radical (unpaired) electrons. The Balaban J connectivity index is 2.42. The lowest BCUT2D eigenvalue weighted by Gasteiger charge is -2.20. The van der Waals surface area contributed by atoms with Crippen LogP contribution in [-0.4, -0.2) is 4.33 Å². The van der Waals surface area contributed by atoms with Crippen LogP contribution in [0.15, 0.2) is 0 Å². The van der Waals surface area contributed by atoms with E-state index in [2.05, 4.69) is 6.92 Å². The summed E-state index contributed by atoms with van der Waals surface area (Å²) >= 11 is 11.6. The summed E-state index contributed by atoms with van der Waals surface area (Å²) in [4.78, 5) is 0. The van der Waals surface area contributed by atoms with E-state index in [0.717, 1.165) is 12.8 Å². The molecular formula is C7H11Cl2. The second-order valence-electron chi connectivity index (χ2n) is 2.74. The van der Waals surface area contributed by atoms with E-state index in [1.165, 1.54) is 12.8 Å². The van der Waals surface area contributed by atoms with Crippen molar-refractivity contribution < 1.29 is 0 Å². The Morgan fingerprint density at radius 2 is 1.67 bits per heavy atom. The zero-order valence-corrected chi connectivity index (χ0v) is 6.88. The molecule has 1 aliphatic rings. The standard InChI is InChI=1S/C7H11Cl2/c1-7(8,9)6-4-2-3-5-6/h6H,1-5H2. The monoisotopic (exact) mass is 165 g/mol. The van der Waals surface area contributed by atoms with Crippen LogP contribution < -0.4 is 0 Å². The Labute approximate surface area is 66.5 Å². The van der Waals surface area contributed by atoms with Crippen molar-refractivity contribution in [1.29, 1.82) is 0 Å². The van der Waals surface area contributed by atoms with Crippen molar-refractivity contribution >= 4 is 23.2 Å². The highest BCUT2D eigenvalue weighted by molar-refractivity contribution is 6.49. The molecule has 0 saturated heterocycles. The molecule has 0 aromatic carbocycles. The fourth-order valence-electron chi connectivity index (χ4n) is 1.35. The summed E-state index contributed by atoms with van der Waals surface area (Å²) in [6.45, 7) is 3.68. The number of hydrogen-bond acceptors (Lipinski definition) is 0. The van der Waals surface area contributed by atoms with Crippen LogP contribution in [0.3, 0.4) is 0 Å². The first-order chi connectivity index (χ1) is 4.11. The van der Waals surface area contributed by atoms with Crippen LogP contribution in [0.4, 0.5) is 0 Å². The first kappa shape index (κ1) is 7.68. The van der Waals surface area contributed by atoms with Gasteiger partial charge in [0, 0.05) is 0 Å². The summed E-state index contributed by atoms with van der Waals surface area (Å²) in [6.07, 6.45) is 4.83.